The second-order valence-corrected chi connectivity index (χ2v) is 4.76. The van der Waals surface area contributed by atoms with E-state index in [1.165, 1.54) is 0 Å². The van der Waals surface area contributed by atoms with E-state index in [1.807, 2.05) is 0 Å². The van der Waals surface area contributed by atoms with Crippen molar-refractivity contribution >= 4 is 11.6 Å². The predicted octanol–water partition coefficient (Wildman–Crippen LogP) is 0.417. The molecule has 0 spiro atoms. The summed E-state index contributed by atoms with van der Waals surface area (Å²) < 4.78 is 5.70. The molecule has 2 saturated heterocycles. The van der Waals surface area contributed by atoms with Crippen LogP contribution in [0, 0.1) is 0 Å². The number of carbonyl (C=O) groups excluding carboxylic acids is 1. The van der Waals surface area contributed by atoms with Crippen molar-refractivity contribution in [3.8, 4) is 0 Å². The molecule has 3 heterocycles. The highest BCUT2D eigenvalue weighted by atomic mass is 16.5. The number of hydrazine groups is 1. The van der Waals surface area contributed by atoms with Gasteiger partial charge in [-0.3, -0.25) is 15.6 Å². The number of hydrogen-bond donors (Lipinski definition) is 3. The predicted molar refractivity (Wildman–Crippen MR) is 65.8 cm³/mol. The number of pyridine rings is 1. The second-order valence-electron chi connectivity index (χ2n) is 4.76. The molecule has 0 aromatic carbocycles. The van der Waals surface area contributed by atoms with Gasteiger partial charge in [0.1, 0.15) is 5.69 Å². The monoisotopic (exact) mass is 248 g/mol. The van der Waals surface area contributed by atoms with Gasteiger partial charge in [0.25, 0.3) is 5.91 Å². The van der Waals surface area contributed by atoms with Gasteiger partial charge in [-0.15, -0.1) is 0 Å². The Morgan fingerprint density at radius 2 is 2.39 bits per heavy atom. The van der Waals surface area contributed by atoms with E-state index >= 15 is 0 Å². The maximum Gasteiger partial charge on any atom is 0.270 e. The Hall–Kier alpha value is -1.66. The normalized spacial score (nSPS) is 29.3. The van der Waals surface area contributed by atoms with E-state index in [2.05, 4.69) is 15.7 Å². The molecule has 0 saturated carbocycles. The fraction of sp³-hybridized carbons (Fsp3) is 0.500. The largest absolute Gasteiger partial charge is 0.373 e. The van der Waals surface area contributed by atoms with Crippen LogP contribution >= 0.6 is 0 Å². The zero-order valence-corrected chi connectivity index (χ0v) is 9.93. The first-order chi connectivity index (χ1) is 8.76. The van der Waals surface area contributed by atoms with Crippen LogP contribution in [0.15, 0.2) is 18.3 Å². The van der Waals surface area contributed by atoms with Gasteiger partial charge in [-0.2, -0.15) is 0 Å². The zero-order valence-electron chi connectivity index (χ0n) is 9.93. The van der Waals surface area contributed by atoms with Crippen molar-refractivity contribution in [3.05, 3.63) is 24.0 Å². The van der Waals surface area contributed by atoms with Gasteiger partial charge in [-0.05, 0) is 31.4 Å². The number of ether oxygens (including phenoxy) is 1. The summed E-state index contributed by atoms with van der Waals surface area (Å²) in [5.74, 6) is 5.13. The molecule has 3 rings (SSSR count). The van der Waals surface area contributed by atoms with E-state index in [9.17, 15) is 4.79 Å². The number of hydrogen-bond acceptors (Lipinski definition) is 5. The molecule has 3 unspecified atom stereocenters. The minimum atomic E-state index is -0.173. The van der Waals surface area contributed by atoms with Gasteiger partial charge in [-0.1, -0.05) is 0 Å². The lowest BCUT2D eigenvalue weighted by Gasteiger charge is -2.19. The molecule has 0 aliphatic carbocycles. The quantitative estimate of drug-likeness (QED) is 0.533. The van der Waals surface area contributed by atoms with Crippen LogP contribution in [0.5, 0.6) is 0 Å². The Morgan fingerprint density at radius 3 is 3.06 bits per heavy atom. The first kappa shape index (κ1) is 11.4. The summed E-state index contributed by atoms with van der Waals surface area (Å²) in [6.45, 7) is 0. The van der Waals surface area contributed by atoms with Gasteiger partial charge in [0.05, 0.1) is 23.9 Å². The lowest BCUT2D eigenvalue weighted by atomic mass is 9.95. The first-order valence-corrected chi connectivity index (χ1v) is 6.15. The van der Waals surface area contributed by atoms with Crippen LogP contribution in [-0.4, -0.2) is 29.1 Å². The Bertz CT molecular complexity index is 465. The van der Waals surface area contributed by atoms with E-state index in [4.69, 9.17) is 10.6 Å². The number of nitrogens with one attached hydrogen (secondary N) is 2. The summed E-state index contributed by atoms with van der Waals surface area (Å²) in [5, 5.41) is 2.98. The van der Waals surface area contributed by atoms with Crippen LogP contribution in [-0.2, 0) is 4.74 Å². The van der Waals surface area contributed by atoms with Crippen molar-refractivity contribution in [1.82, 2.24) is 10.3 Å². The number of carbonyl (C=O) groups is 1. The molecule has 1 amide bonds. The molecular formula is C12H16N4O2. The fourth-order valence-corrected chi connectivity index (χ4v) is 2.68. The smallest absolute Gasteiger partial charge is 0.270 e. The Kier molecular flexibility index (Phi) is 2.89. The molecule has 96 valence electrons. The highest BCUT2D eigenvalue weighted by molar-refractivity contribution is 5.93. The number of aromatic nitrogens is 1. The number of nitrogen functional groups attached to an aromatic ring is 1. The highest BCUT2D eigenvalue weighted by Gasteiger charge is 2.41. The molecule has 1 aromatic heterocycles. The number of rotatable bonds is 3. The fourth-order valence-electron chi connectivity index (χ4n) is 2.68. The standard InChI is InChI=1S/C12H16N4O2/c13-16-7-3-4-14-10(5-7)12(17)15-9-6-8-1-2-11(9)18-8/h3-5,8-9,11H,1-2,6,13H2,(H,14,16)(H,15,17). The van der Waals surface area contributed by atoms with Crippen LogP contribution in [0.25, 0.3) is 0 Å². The second kappa shape index (κ2) is 4.55. The Labute approximate surface area is 105 Å². The molecular weight excluding hydrogens is 232 g/mol. The van der Waals surface area contributed by atoms with Gasteiger partial charge in [-0.25, -0.2) is 0 Å². The van der Waals surface area contributed by atoms with Gasteiger partial charge in [0.15, 0.2) is 0 Å². The first-order valence-electron chi connectivity index (χ1n) is 6.15. The third-order valence-corrected chi connectivity index (χ3v) is 3.58. The summed E-state index contributed by atoms with van der Waals surface area (Å²) in [6, 6.07) is 3.45. The van der Waals surface area contributed by atoms with Crippen molar-refractivity contribution in [2.75, 3.05) is 5.43 Å². The molecule has 3 atom stereocenters. The molecule has 2 aliphatic heterocycles. The molecule has 2 fully saturated rings. The molecule has 6 nitrogen and oxygen atoms in total. The van der Waals surface area contributed by atoms with Crippen molar-refractivity contribution in [2.24, 2.45) is 5.84 Å². The number of nitrogens with zero attached hydrogens (tertiary/aromatic N) is 1. The average molecular weight is 248 g/mol. The lowest BCUT2D eigenvalue weighted by Crippen LogP contribution is -2.41. The molecule has 1 aromatic rings. The number of nitrogens with two attached hydrogens (primary N) is 1. The van der Waals surface area contributed by atoms with Crippen LogP contribution in [0.3, 0.4) is 0 Å². The van der Waals surface area contributed by atoms with E-state index in [0.717, 1.165) is 19.3 Å². The van der Waals surface area contributed by atoms with E-state index in [1.54, 1.807) is 18.3 Å². The van der Waals surface area contributed by atoms with Crippen molar-refractivity contribution in [3.63, 3.8) is 0 Å². The maximum atomic E-state index is 12.0. The van der Waals surface area contributed by atoms with Crippen molar-refractivity contribution < 1.29 is 9.53 Å². The SMILES string of the molecule is NNc1ccnc(C(=O)NC2CC3CCC2O3)c1. The zero-order chi connectivity index (χ0) is 12.5. The summed E-state index contributed by atoms with van der Waals surface area (Å²) in [5.41, 5.74) is 3.53. The van der Waals surface area contributed by atoms with Crippen LogP contribution in [0.1, 0.15) is 29.8 Å². The number of fused-ring (bicyclic) bond motifs is 2. The van der Waals surface area contributed by atoms with Gasteiger partial charge in [0.2, 0.25) is 0 Å². The van der Waals surface area contributed by atoms with E-state index < -0.39 is 0 Å². The summed E-state index contributed by atoms with van der Waals surface area (Å²) in [4.78, 5) is 16.1. The van der Waals surface area contributed by atoms with Crippen molar-refractivity contribution in [2.45, 2.75) is 37.5 Å². The minimum absolute atomic E-state index is 0.118. The third kappa shape index (κ3) is 2.04. The topological polar surface area (TPSA) is 89.3 Å². The Balaban J connectivity index is 1.67. The molecule has 4 N–H and O–H groups in total. The highest BCUT2D eigenvalue weighted by Crippen LogP contribution is 2.34. The molecule has 0 radical (unpaired) electrons. The Morgan fingerprint density at radius 1 is 1.50 bits per heavy atom. The van der Waals surface area contributed by atoms with Crippen LogP contribution in [0.4, 0.5) is 5.69 Å². The summed E-state index contributed by atoms with van der Waals surface area (Å²) in [6.07, 6.45) is 5.11. The lowest BCUT2D eigenvalue weighted by molar-refractivity contribution is 0.0837. The van der Waals surface area contributed by atoms with E-state index in [-0.39, 0.29) is 18.1 Å². The molecule has 2 aliphatic rings. The molecule has 6 heteroatoms. The molecule has 2 bridgehead atoms. The number of anilines is 1. The number of amides is 1. The molecule has 18 heavy (non-hydrogen) atoms. The van der Waals surface area contributed by atoms with Crippen LogP contribution in [0.2, 0.25) is 0 Å². The minimum Gasteiger partial charge on any atom is -0.373 e. The van der Waals surface area contributed by atoms with Gasteiger partial charge < -0.3 is 15.5 Å². The van der Waals surface area contributed by atoms with Gasteiger partial charge in [0, 0.05) is 6.20 Å². The average Bonchev–Trinajstić information content (AvgIpc) is 3.01. The maximum absolute atomic E-state index is 12.0. The van der Waals surface area contributed by atoms with Crippen molar-refractivity contribution in [1.29, 1.82) is 0 Å². The summed E-state index contributed by atoms with van der Waals surface area (Å²) in [7, 11) is 0. The van der Waals surface area contributed by atoms with Crippen LogP contribution < -0.4 is 16.6 Å². The van der Waals surface area contributed by atoms with Gasteiger partial charge >= 0.3 is 0 Å². The third-order valence-electron chi connectivity index (χ3n) is 3.58. The summed E-state index contributed by atoms with van der Waals surface area (Å²) >= 11 is 0. The van der Waals surface area contributed by atoms with E-state index in [0.29, 0.717) is 17.5 Å².